The van der Waals surface area contributed by atoms with E-state index in [0.717, 1.165) is 24.1 Å². The van der Waals surface area contributed by atoms with E-state index in [-0.39, 0.29) is 5.92 Å². The SMILES string of the molecule is CCC(CN)c1ccc(C(F)(F)F)cc1. The first-order valence-corrected chi connectivity index (χ1v) is 4.86. The van der Waals surface area contributed by atoms with Crippen LogP contribution in [-0.4, -0.2) is 6.54 Å². The van der Waals surface area contributed by atoms with E-state index in [4.69, 9.17) is 5.73 Å². The lowest BCUT2D eigenvalue weighted by Gasteiger charge is -2.13. The molecule has 1 unspecified atom stereocenters. The van der Waals surface area contributed by atoms with Crippen LogP contribution in [0.1, 0.15) is 30.4 Å². The summed E-state index contributed by atoms with van der Waals surface area (Å²) in [5, 5.41) is 0. The Labute approximate surface area is 87.1 Å². The zero-order valence-electron chi connectivity index (χ0n) is 8.51. The molecule has 0 heterocycles. The third-order valence-electron chi connectivity index (χ3n) is 2.49. The molecule has 0 saturated heterocycles. The molecule has 0 fully saturated rings. The Kier molecular flexibility index (Phi) is 3.74. The van der Waals surface area contributed by atoms with Crippen molar-refractivity contribution in [3.05, 3.63) is 35.4 Å². The van der Waals surface area contributed by atoms with Crippen LogP contribution >= 0.6 is 0 Å². The molecule has 0 aliphatic heterocycles. The van der Waals surface area contributed by atoms with Crippen LogP contribution in [0.3, 0.4) is 0 Å². The number of hydrogen-bond acceptors (Lipinski definition) is 1. The molecule has 2 N–H and O–H groups in total. The van der Waals surface area contributed by atoms with Gasteiger partial charge in [0.1, 0.15) is 0 Å². The van der Waals surface area contributed by atoms with Crippen LogP contribution < -0.4 is 5.73 Å². The number of rotatable bonds is 3. The third kappa shape index (κ3) is 2.96. The van der Waals surface area contributed by atoms with Crippen molar-refractivity contribution >= 4 is 0 Å². The molecule has 1 aromatic carbocycles. The fourth-order valence-electron chi connectivity index (χ4n) is 1.48. The Bertz CT molecular complexity index is 299. The van der Waals surface area contributed by atoms with E-state index in [1.54, 1.807) is 0 Å². The number of halogens is 3. The van der Waals surface area contributed by atoms with Gasteiger partial charge in [0.25, 0.3) is 0 Å². The van der Waals surface area contributed by atoms with Gasteiger partial charge in [-0.05, 0) is 36.6 Å². The fraction of sp³-hybridized carbons (Fsp3) is 0.455. The summed E-state index contributed by atoms with van der Waals surface area (Å²) in [5.74, 6) is 0.146. The molecule has 1 rings (SSSR count). The predicted octanol–water partition coefficient (Wildman–Crippen LogP) is 3.16. The van der Waals surface area contributed by atoms with Crippen LogP contribution in [0.25, 0.3) is 0 Å². The van der Waals surface area contributed by atoms with Gasteiger partial charge in [-0.15, -0.1) is 0 Å². The van der Waals surface area contributed by atoms with Gasteiger partial charge in [0.05, 0.1) is 5.56 Å². The van der Waals surface area contributed by atoms with Crippen LogP contribution in [0.5, 0.6) is 0 Å². The quantitative estimate of drug-likeness (QED) is 0.826. The molecule has 1 atom stereocenters. The summed E-state index contributed by atoms with van der Waals surface area (Å²) in [4.78, 5) is 0. The molecular formula is C11H14F3N. The van der Waals surface area contributed by atoms with E-state index in [2.05, 4.69) is 0 Å². The number of benzene rings is 1. The van der Waals surface area contributed by atoms with E-state index in [0.29, 0.717) is 6.54 Å². The monoisotopic (exact) mass is 217 g/mol. The van der Waals surface area contributed by atoms with Crippen molar-refractivity contribution in [3.8, 4) is 0 Å². The zero-order valence-corrected chi connectivity index (χ0v) is 8.51. The molecule has 0 bridgehead atoms. The van der Waals surface area contributed by atoms with E-state index in [9.17, 15) is 13.2 Å². The van der Waals surface area contributed by atoms with Crippen molar-refractivity contribution in [2.45, 2.75) is 25.4 Å². The third-order valence-corrected chi connectivity index (χ3v) is 2.49. The van der Waals surface area contributed by atoms with Crippen LogP contribution in [-0.2, 0) is 6.18 Å². The number of alkyl halides is 3. The zero-order chi connectivity index (χ0) is 11.5. The molecule has 0 radical (unpaired) electrons. The van der Waals surface area contributed by atoms with E-state index in [1.165, 1.54) is 12.1 Å². The van der Waals surface area contributed by atoms with Crippen molar-refractivity contribution in [1.82, 2.24) is 0 Å². The Balaban J connectivity index is 2.89. The summed E-state index contributed by atoms with van der Waals surface area (Å²) >= 11 is 0. The lowest BCUT2D eigenvalue weighted by atomic mass is 9.96. The first kappa shape index (κ1) is 12.0. The summed E-state index contributed by atoms with van der Waals surface area (Å²) in [7, 11) is 0. The van der Waals surface area contributed by atoms with E-state index in [1.807, 2.05) is 6.92 Å². The minimum absolute atomic E-state index is 0.146. The Morgan fingerprint density at radius 1 is 1.20 bits per heavy atom. The summed E-state index contributed by atoms with van der Waals surface area (Å²) < 4.78 is 36.8. The molecule has 0 aliphatic rings. The molecule has 0 spiro atoms. The van der Waals surface area contributed by atoms with Crippen LogP contribution in [0.2, 0.25) is 0 Å². The van der Waals surface area contributed by atoms with Gasteiger partial charge >= 0.3 is 6.18 Å². The maximum absolute atomic E-state index is 12.3. The highest BCUT2D eigenvalue weighted by Crippen LogP contribution is 2.30. The van der Waals surface area contributed by atoms with Crippen molar-refractivity contribution in [2.24, 2.45) is 5.73 Å². The lowest BCUT2D eigenvalue weighted by Crippen LogP contribution is -2.12. The van der Waals surface area contributed by atoms with Gasteiger partial charge < -0.3 is 5.73 Å². The summed E-state index contributed by atoms with van der Waals surface area (Å²) in [6, 6.07) is 5.22. The van der Waals surface area contributed by atoms with Gasteiger partial charge in [-0.25, -0.2) is 0 Å². The average Bonchev–Trinajstić information content (AvgIpc) is 2.19. The Morgan fingerprint density at radius 3 is 2.07 bits per heavy atom. The highest BCUT2D eigenvalue weighted by molar-refractivity contribution is 5.27. The van der Waals surface area contributed by atoms with Crippen LogP contribution in [0, 0.1) is 0 Å². The van der Waals surface area contributed by atoms with Crippen molar-refractivity contribution in [2.75, 3.05) is 6.54 Å². The molecule has 1 aromatic rings. The van der Waals surface area contributed by atoms with E-state index >= 15 is 0 Å². The van der Waals surface area contributed by atoms with Crippen molar-refractivity contribution < 1.29 is 13.2 Å². The van der Waals surface area contributed by atoms with Crippen molar-refractivity contribution in [1.29, 1.82) is 0 Å². The lowest BCUT2D eigenvalue weighted by molar-refractivity contribution is -0.137. The molecule has 0 aromatic heterocycles. The first-order chi connectivity index (χ1) is 6.99. The molecule has 0 saturated carbocycles. The average molecular weight is 217 g/mol. The highest BCUT2D eigenvalue weighted by atomic mass is 19.4. The van der Waals surface area contributed by atoms with Crippen LogP contribution in [0.15, 0.2) is 24.3 Å². The second kappa shape index (κ2) is 4.66. The fourth-order valence-corrected chi connectivity index (χ4v) is 1.48. The van der Waals surface area contributed by atoms with Gasteiger partial charge in [-0.2, -0.15) is 13.2 Å². The molecule has 4 heteroatoms. The maximum atomic E-state index is 12.3. The van der Waals surface area contributed by atoms with Gasteiger partial charge in [0.15, 0.2) is 0 Å². The topological polar surface area (TPSA) is 26.0 Å². The molecule has 0 amide bonds. The summed E-state index contributed by atoms with van der Waals surface area (Å²) in [6.07, 6.45) is -3.43. The van der Waals surface area contributed by atoms with E-state index < -0.39 is 11.7 Å². The van der Waals surface area contributed by atoms with Gasteiger partial charge in [-0.1, -0.05) is 19.1 Å². The Hall–Kier alpha value is -1.03. The number of nitrogens with two attached hydrogens (primary N) is 1. The van der Waals surface area contributed by atoms with Gasteiger partial charge in [-0.3, -0.25) is 0 Å². The molecular weight excluding hydrogens is 203 g/mol. The highest BCUT2D eigenvalue weighted by Gasteiger charge is 2.30. The summed E-state index contributed by atoms with van der Waals surface area (Å²) in [6.45, 7) is 2.43. The second-order valence-corrected chi connectivity index (χ2v) is 3.46. The molecule has 84 valence electrons. The molecule has 1 nitrogen and oxygen atoms in total. The minimum Gasteiger partial charge on any atom is -0.330 e. The second-order valence-electron chi connectivity index (χ2n) is 3.46. The standard InChI is InChI=1S/C11H14F3N/c1-2-8(7-15)9-3-5-10(6-4-9)11(12,13)14/h3-6,8H,2,7,15H2,1H3. The normalized spacial score (nSPS) is 13.9. The molecule has 15 heavy (non-hydrogen) atoms. The Morgan fingerprint density at radius 2 is 1.73 bits per heavy atom. The first-order valence-electron chi connectivity index (χ1n) is 4.86. The summed E-state index contributed by atoms with van der Waals surface area (Å²) in [5.41, 5.74) is 5.77. The maximum Gasteiger partial charge on any atom is 0.416 e. The number of hydrogen-bond donors (Lipinski definition) is 1. The van der Waals surface area contributed by atoms with Crippen molar-refractivity contribution in [3.63, 3.8) is 0 Å². The van der Waals surface area contributed by atoms with Crippen LogP contribution in [0.4, 0.5) is 13.2 Å². The minimum atomic E-state index is -4.26. The predicted molar refractivity (Wildman–Crippen MR) is 53.5 cm³/mol. The largest absolute Gasteiger partial charge is 0.416 e. The molecule has 0 aliphatic carbocycles. The smallest absolute Gasteiger partial charge is 0.330 e. The van der Waals surface area contributed by atoms with Gasteiger partial charge in [0, 0.05) is 0 Å². The van der Waals surface area contributed by atoms with Gasteiger partial charge in [0.2, 0.25) is 0 Å².